The zero-order valence-corrected chi connectivity index (χ0v) is 17.6. The van der Waals surface area contributed by atoms with E-state index < -0.39 is 0 Å². The van der Waals surface area contributed by atoms with Crippen LogP contribution < -0.4 is 11.1 Å². The molecule has 2 amide bonds. The number of carbonyl (C=O) groups excluding carboxylic acids is 1. The molecule has 4 rings (SSSR count). The lowest BCUT2D eigenvalue weighted by Gasteiger charge is -2.40. The normalized spacial score (nSPS) is 33.6. The lowest BCUT2D eigenvalue weighted by Crippen LogP contribution is -2.51. The van der Waals surface area contributed by atoms with Crippen molar-refractivity contribution < 1.29 is 4.79 Å². The van der Waals surface area contributed by atoms with Gasteiger partial charge in [0.2, 0.25) is 0 Å². The van der Waals surface area contributed by atoms with E-state index in [1.165, 1.54) is 12.8 Å². The van der Waals surface area contributed by atoms with E-state index in [1.54, 1.807) is 12.3 Å². The number of nitrogen functional groups attached to an aromatic ring is 1. The first-order valence-electron chi connectivity index (χ1n) is 10.5. The molecular weight excluding hydrogens is 352 g/mol. The molecule has 154 valence electrons. The van der Waals surface area contributed by atoms with E-state index in [4.69, 9.17) is 5.73 Å². The molecule has 3 aliphatic rings. The Kier molecular flexibility index (Phi) is 4.76. The number of carbonyl (C=O) groups is 1. The molecule has 1 aliphatic heterocycles. The van der Waals surface area contributed by atoms with Gasteiger partial charge in [-0.25, -0.2) is 14.8 Å². The molecule has 2 saturated carbocycles. The van der Waals surface area contributed by atoms with Crippen molar-refractivity contribution in [3.8, 4) is 0 Å². The SMILES string of the molecule is CN(Cc1nccc(N)n1)C1CCN(C(=O)NC2CC3CCC2(C)C3(C)C)C1. The van der Waals surface area contributed by atoms with Crippen molar-refractivity contribution in [1.29, 1.82) is 0 Å². The van der Waals surface area contributed by atoms with Crippen LogP contribution in [0.15, 0.2) is 12.3 Å². The van der Waals surface area contributed by atoms with Crippen molar-refractivity contribution in [2.45, 2.75) is 65.1 Å². The summed E-state index contributed by atoms with van der Waals surface area (Å²) in [7, 11) is 2.07. The summed E-state index contributed by atoms with van der Waals surface area (Å²) in [5.41, 5.74) is 6.28. The molecule has 1 saturated heterocycles. The molecule has 3 N–H and O–H groups in total. The molecule has 0 aromatic carbocycles. The highest BCUT2D eigenvalue weighted by molar-refractivity contribution is 5.75. The number of nitrogens with zero attached hydrogens (tertiary/aromatic N) is 4. The molecule has 2 heterocycles. The van der Waals surface area contributed by atoms with Gasteiger partial charge >= 0.3 is 6.03 Å². The van der Waals surface area contributed by atoms with E-state index in [0.717, 1.165) is 37.7 Å². The number of hydrogen-bond donors (Lipinski definition) is 2. The fraction of sp³-hybridized carbons (Fsp3) is 0.762. The average Bonchev–Trinajstić information content (AvgIpc) is 3.25. The van der Waals surface area contributed by atoms with Gasteiger partial charge in [-0.05, 0) is 55.5 Å². The van der Waals surface area contributed by atoms with Gasteiger partial charge in [-0.15, -0.1) is 0 Å². The number of fused-ring (bicyclic) bond motifs is 2. The fourth-order valence-electron chi connectivity index (χ4n) is 5.79. The molecule has 4 unspecified atom stereocenters. The molecule has 0 spiro atoms. The minimum Gasteiger partial charge on any atom is -0.384 e. The molecule has 7 heteroatoms. The van der Waals surface area contributed by atoms with Crippen molar-refractivity contribution in [3.63, 3.8) is 0 Å². The van der Waals surface area contributed by atoms with Gasteiger partial charge in [0.15, 0.2) is 0 Å². The van der Waals surface area contributed by atoms with Crippen LogP contribution >= 0.6 is 0 Å². The van der Waals surface area contributed by atoms with Crippen LogP contribution in [-0.4, -0.2) is 58.0 Å². The first kappa shape index (κ1) is 19.4. The van der Waals surface area contributed by atoms with E-state index in [0.29, 0.717) is 29.9 Å². The molecule has 3 fully saturated rings. The Morgan fingerprint density at radius 3 is 2.82 bits per heavy atom. The summed E-state index contributed by atoms with van der Waals surface area (Å²) in [5.74, 6) is 1.95. The number of urea groups is 1. The standard InChI is InChI=1S/C21H34N6O/c1-20(2)14-5-8-21(20,3)16(11-14)24-19(28)27-10-7-15(12-27)26(4)13-18-23-9-6-17(22)25-18/h6,9,14-16H,5,7-8,10-13H2,1-4H3,(H,24,28)(H2,22,23,25). The monoisotopic (exact) mass is 386 g/mol. The van der Waals surface area contributed by atoms with Crippen LogP contribution in [0, 0.1) is 16.7 Å². The Hall–Kier alpha value is -1.89. The molecule has 7 nitrogen and oxygen atoms in total. The summed E-state index contributed by atoms with van der Waals surface area (Å²) in [6.45, 7) is 9.33. The topological polar surface area (TPSA) is 87.4 Å². The number of anilines is 1. The largest absolute Gasteiger partial charge is 0.384 e. The van der Waals surface area contributed by atoms with Crippen LogP contribution in [0.4, 0.5) is 10.6 Å². The second-order valence-electron chi connectivity index (χ2n) is 9.81. The number of rotatable bonds is 4. The predicted molar refractivity (Wildman–Crippen MR) is 109 cm³/mol. The van der Waals surface area contributed by atoms with Crippen LogP contribution in [-0.2, 0) is 6.54 Å². The third-order valence-electron chi connectivity index (χ3n) is 8.28. The van der Waals surface area contributed by atoms with Crippen LogP contribution in [0.25, 0.3) is 0 Å². The first-order valence-corrected chi connectivity index (χ1v) is 10.5. The Bertz CT molecular complexity index is 752. The Labute approximate surface area is 168 Å². The second-order valence-corrected chi connectivity index (χ2v) is 9.81. The van der Waals surface area contributed by atoms with E-state index in [2.05, 4.69) is 48.0 Å². The summed E-state index contributed by atoms with van der Waals surface area (Å²) in [6, 6.07) is 2.42. The molecule has 2 aliphatic carbocycles. The molecule has 4 atom stereocenters. The molecule has 28 heavy (non-hydrogen) atoms. The molecule has 2 bridgehead atoms. The van der Waals surface area contributed by atoms with Crippen LogP contribution in [0.5, 0.6) is 0 Å². The van der Waals surface area contributed by atoms with Gasteiger partial charge in [-0.1, -0.05) is 20.8 Å². The van der Waals surface area contributed by atoms with Crippen molar-refractivity contribution in [3.05, 3.63) is 18.1 Å². The molecule has 1 aromatic rings. The van der Waals surface area contributed by atoms with Crippen molar-refractivity contribution in [1.82, 2.24) is 25.1 Å². The fourth-order valence-corrected chi connectivity index (χ4v) is 5.79. The van der Waals surface area contributed by atoms with Gasteiger partial charge in [-0.3, -0.25) is 4.90 Å². The number of aromatic nitrogens is 2. The van der Waals surface area contributed by atoms with Gasteiger partial charge < -0.3 is 16.0 Å². The van der Waals surface area contributed by atoms with E-state index in [9.17, 15) is 4.79 Å². The Morgan fingerprint density at radius 2 is 2.18 bits per heavy atom. The molecule has 0 radical (unpaired) electrons. The highest BCUT2D eigenvalue weighted by Crippen LogP contribution is 2.65. The number of likely N-dealkylation sites (tertiary alicyclic amines) is 1. The number of nitrogens with two attached hydrogens (primary N) is 1. The summed E-state index contributed by atoms with van der Waals surface area (Å²) in [4.78, 5) is 25.7. The summed E-state index contributed by atoms with van der Waals surface area (Å²) in [5, 5.41) is 3.39. The third kappa shape index (κ3) is 3.13. The summed E-state index contributed by atoms with van der Waals surface area (Å²) >= 11 is 0. The van der Waals surface area contributed by atoms with Gasteiger partial charge in [0, 0.05) is 31.4 Å². The maximum absolute atomic E-state index is 13.0. The van der Waals surface area contributed by atoms with Crippen LogP contribution in [0.2, 0.25) is 0 Å². The maximum Gasteiger partial charge on any atom is 0.317 e. The van der Waals surface area contributed by atoms with Gasteiger partial charge in [0.05, 0.1) is 6.54 Å². The van der Waals surface area contributed by atoms with Crippen LogP contribution in [0.1, 0.15) is 52.3 Å². The molecular formula is C21H34N6O. The third-order valence-corrected chi connectivity index (χ3v) is 8.28. The lowest BCUT2D eigenvalue weighted by molar-refractivity contribution is 0.118. The highest BCUT2D eigenvalue weighted by atomic mass is 16.2. The van der Waals surface area contributed by atoms with Crippen molar-refractivity contribution >= 4 is 11.8 Å². The summed E-state index contributed by atoms with van der Waals surface area (Å²) in [6.07, 6.45) is 6.32. The van der Waals surface area contributed by atoms with Gasteiger partial charge in [0.25, 0.3) is 0 Å². The minimum atomic E-state index is 0.102. The smallest absolute Gasteiger partial charge is 0.317 e. The number of hydrogen-bond acceptors (Lipinski definition) is 5. The van der Waals surface area contributed by atoms with E-state index >= 15 is 0 Å². The van der Waals surface area contributed by atoms with Crippen LogP contribution in [0.3, 0.4) is 0 Å². The quantitative estimate of drug-likeness (QED) is 0.830. The number of nitrogens with one attached hydrogen (secondary N) is 1. The van der Waals surface area contributed by atoms with Gasteiger partial charge in [-0.2, -0.15) is 0 Å². The zero-order chi connectivity index (χ0) is 20.1. The summed E-state index contributed by atoms with van der Waals surface area (Å²) < 4.78 is 0. The minimum absolute atomic E-state index is 0.102. The van der Waals surface area contributed by atoms with E-state index in [-0.39, 0.29) is 11.4 Å². The van der Waals surface area contributed by atoms with Crippen molar-refractivity contribution in [2.24, 2.45) is 16.7 Å². The highest BCUT2D eigenvalue weighted by Gasteiger charge is 2.61. The Balaban J connectivity index is 1.32. The van der Waals surface area contributed by atoms with Crippen molar-refractivity contribution in [2.75, 3.05) is 25.9 Å². The number of amides is 2. The lowest BCUT2D eigenvalue weighted by atomic mass is 9.69. The van der Waals surface area contributed by atoms with Gasteiger partial charge in [0.1, 0.15) is 11.6 Å². The predicted octanol–water partition coefficient (Wildman–Crippen LogP) is 2.49. The maximum atomic E-state index is 13.0. The molecule has 1 aromatic heterocycles. The second kappa shape index (κ2) is 6.87. The first-order chi connectivity index (χ1) is 13.2. The number of likely N-dealkylation sites (N-methyl/N-ethyl adjacent to an activating group) is 1. The zero-order valence-electron chi connectivity index (χ0n) is 17.6. The average molecular weight is 387 g/mol. The Morgan fingerprint density at radius 1 is 1.39 bits per heavy atom. The van der Waals surface area contributed by atoms with E-state index in [1.807, 2.05) is 4.90 Å².